The molecule has 0 aromatic carbocycles. The number of carbonyl (C=O) groups is 1. The van der Waals surface area contributed by atoms with E-state index in [9.17, 15) is 4.79 Å². The number of hydrogen-bond acceptors (Lipinski definition) is 4. The molecule has 74 valence electrons. The number of carbonyl (C=O) groups excluding carboxylic acids is 1. The second-order valence-corrected chi connectivity index (χ2v) is 2.47. The van der Waals surface area contributed by atoms with Crippen molar-refractivity contribution in [3.63, 3.8) is 0 Å². The standard InChI is InChI=1S/C9H11N3O2/c1-2-14-9-11-5-7(6-12-9)3-4-8(10)13/h3-6H,2H2,1H3,(H2,10,13)/b4-3+. The molecule has 0 saturated heterocycles. The molecule has 0 aliphatic rings. The Morgan fingerprint density at radius 1 is 1.57 bits per heavy atom. The summed E-state index contributed by atoms with van der Waals surface area (Å²) < 4.78 is 5.05. The average molecular weight is 193 g/mol. The summed E-state index contributed by atoms with van der Waals surface area (Å²) in [5, 5.41) is 0. The van der Waals surface area contributed by atoms with Crippen molar-refractivity contribution in [2.45, 2.75) is 6.92 Å². The van der Waals surface area contributed by atoms with Crippen molar-refractivity contribution in [2.75, 3.05) is 6.61 Å². The van der Waals surface area contributed by atoms with Gasteiger partial charge in [-0.2, -0.15) is 0 Å². The van der Waals surface area contributed by atoms with Gasteiger partial charge in [-0.15, -0.1) is 0 Å². The molecule has 1 aromatic heterocycles. The minimum absolute atomic E-state index is 0.323. The number of primary amides is 1. The van der Waals surface area contributed by atoms with Crippen LogP contribution < -0.4 is 10.5 Å². The molecule has 5 heteroatoms. The van der Waals surface area contributed by atoms with Crippen molar-refractivity contribution >= 4 is 12.0 Å². The smallest absolute Gasteiger partial charge is 0.316 e. The van der Waals surface area contributed by atoms with E-state index in [1.165, 1.54) is 12.2 Å². The number of hydrogen-bond donors (Lipinski definition) is 1. The van der Waals surface area contributed by atoms with Crippen LogP contribution in [-0.4, -0.2) is 22.5 Å². The molecule has 0 atom stereocenters. The van der Waals surface area contributed by atoms with Gasteiger partial charge in [-0.1, -0.05) is 0 Å². The van der Waals surface area contributed by atoms with E-state index in [0.717, 1.165) is 0 Å². The van der Waals surface area contributed by atoms with Crippen molar-refractivity contribution in [3.8, 4) is 6.01 Å². The molecule has 0 aliphatic heterocycles. The van der Waals surface area contributed by atoms with Crippen molar-refractivity contribution in [3.05, 3.63) is 24.0 Å². The van der Waals surface area contributed by atoms with Gasteiger partial charge in [0.1, 0.15) is 0 Å². The lowest BCUT2D eigenvalue weighted by Gasteiger charge is -1.99. The van der Waals surface area contributed by atoms with E-state index in [1.54, 1.807) is 12.4 Å². The van der Waals surface area contributed by atoms with Crippen LogP contribution in [0.1, 0.15) is 12.5 Å². The molecule has 0 spiro atoms. The van der Waals surface area contributed by atoms with Gasteiger partial charge < -0.3 is 10.5 Å². The van der Waals surface area contributed by atoms with Crippen LogP contribution >= 0.6 is 0 Å². The maximum Gasteiger partial charge on any atom is 0.316 e. The zero-order valence-corrected chi connectivity index (χ0v) is 7.80. The van der Waals surface area contributed by atoms with Gasteiger partial charge in [0.05, 0.1) is 6.61 Å². The van der Waals surface area contributed by atoms with Crippen LogP contribution in [0.25, 0.3) is 6.08 Å². The topological polar surface area (TPSA) is 78.1 Å². The van der Waals surface area contributed by atoms with E-state index in [1.807, 2.05) is 6.92 Å². The number of ether oxygens (including phenoxy) is 1. The predicted octanol–water partition coefficient (Wildman–Crippen LogP) is 0.374. The Hall–Kier alpha value is -1.91. The van der Waals surface area contributed by atoms with Crippen LogP contribution in [0.4, 0.5) is 0 Å². The summed E-state index contributed by atoms with van der Waals surface area (Å²) in [6.45, 7) is 2.38. The van der Waals surface area contributed by atoms with Gasteiger partial charge in [0.25, 0.3) is 0 Å². The maximum atomic E-state index is 10.4. The first-order chi connectivity index (χ1) is 6.72. The summed E-state index contributed by atoms with van der Waals surface area (Å²) in [4.78, 5) is 18.2. The molecular formula is C9H11N3O2. The highest BCUT2D eigenvalue weighted by Gasteiger charge is 1.94. The first kappa shape index (κ1) is 10.2. The third-order valence-electron chi connectivity index (χ3n) is 1.36. The number of nitrogens with zero attached hydrogens (tertiary/aromatic N) is 2. The predicted molar refractivity (Wildman–Crippen MR) is 51.4 cm³/mol. The monoisotopic (exact) mass is 193 g/mol. The largest absolute Gasteiger partial charge is 0.464 e. The molecular weight excluding hydrogens is 182 g/mol. The van der Waals surface area contributed by atoms with Crippen molar-refractivity contribution in [1.29, 1.82) is 0 Å². The highest BCUT2D eigenvalue weighted by atomic mass is 16.5. The van der Waals surface area contributed by atoms with E-state index in [0.29, 0.717) is 18.2 Å². The summed E-state index contributed by atoms with van der Waals surface area (Å²) in [5.41, 5.74) is 5.63. The molecule has 5 nitrogen and oxygen atoms in total. The molecule has 2 N–H and O–H groups in total. The van der Waals surface area contributed by atoms with Gasteiger partial charge in [0.2, 0.25) is 5.91 Å². The van der Waals surface area contributed by atoms with Gasteiger partial charge in [-0.3, -0.25) is 4.79 Å². The fourth-order valence-electron chi connectivity index (χ4n) is 0.794. The van der Waals surface area contributed by atoms with Crippen molar-refractivity contribution in [1.82, 2.24) is 9.97 Å². The van der Waals surface area contributed by atoms with Crippen molar-refractivity contribution in [2.24, 2.45) is 5.73 Å². The summed E-state index contributed by atoms with van der Waals surface area (Å²) in [6, 6.07) is 0.323. The molecule has 14 heavy (non-hydrogen) atoms. The average Bonchev–Trinajstić information content (AvgIpc) is 2.17. The fraction of sp³-hybridized carbons (Fsp3) is 0.222. The molecule has 1 aromatic rings. The van der Waals surface area contributed by atoms with Crippen LogP contribution in [0.15, 0.2) is 18.5 Å². The first-order valence-corrected chi connectivity index (χ1v) is 4.14. The minimum atomic E-state index is -0.501. The molecule has 0 fully saturated rings. The third-order valence-corrected chi connectivity index (χ3v) is 1.36. The van der Waals surface area contributed by atoms with Gasteiger partial charge in [-0.25, -0.2) is 9.97 Å². The van der Waals surface area contributed by atoms with Crippen LogP contribution in [0.5, 0.6) is 6.01 Å². The number of aromatic nitrogens is 2. The first-order valence-electron chi connectivity index (χ1n) is 4.14. The van der Waals surface area contributed by atoms with Crippen LogP contribution in [0.3, 0.4) is 0 Å². The number of nitrogens with two attached hydrogens (primary N) is 1. The fourth-order valence-corrected chi connectivity index (χ4v) is 0.794. The molecule has 0 radical (unpaired) electrons. The van der Waals surface area contributed by atoms with E-state index in [4.69, 9.17) is 10.5 Å². The van der Waals surface area contributed by atoms with Crippen LogP contribution in [0.2, 0.25) is 0 Å². The highest BCUT2D eigenvalue weighted by molar-refractivity contribution is 5.90. The SMILES string of the molecule is CCOc1ncc(/C=C/C(N)=O)cn1. The minimum Gasteiger partial charge on any atom is -0.464 e. The van der Waals surface area contributed by atoms with E-state index in [2.05, 4.69) is 9.97 Å². The van der Waals surface area contributed by atoms with Crippen LogP contribution in [-0.2, 0) is 4.79 Å². The Morgan fingerprint density at radius 2 is 2.21 bits per heavy atom. The summed E-state index contributed by atoms with van der Waals surface area (Å²) in [6.07, 6.45) is 5.89. The molecule has 0 unspecified atom stereocenters. The Morgan fingerprint density at radius 3 is 2.71 bits per heavy atom. The van der Waals surface area contributed by atoms with Crippen LogP contribution in [0, 0.1) is 0 Å². The lowest BCUT2D eigenvalue weighted by atomic mass is 10.3. The van der Waals surface area contributed by atoms with Crippen molar-refractivity contribution < 1.29 is 9.53 Å². The molecule has 1 heterocycles. The Balaban J connectivity index is 2.68. The Labute approximate surface area is 81.6 Å². The molecule has 0 aliphatic carbocycles. The lowest BCUT2D eigenvalue weighted by molar-refractivity contribution is -0.113. The quantitative estimate of drug-likeness (QED) is 0.701. The second-order valence-electron chi connectivity index (χ2n) is 2.47. The van der Waals surface area contributed by atoms with E-state index in [-0.39, 0.29) is 0 Å². The summed E-state index contributed by atoms with van der Waals surface area (Å²) in [7, 11) is 0. The highest BCUT2D eigenvalue weighted by Crippen LogP contribution is 2.03. The molecule has 0 bridgehead atoms. The Kier molecular flexibility index (Phi) is 3.60. The third kappa shape index (κ3) is 3.22. The van der Waals surface area contributed by atoms with Gasteiger partial charge >= 0.3 is 6.01 Å². The lowest BCUT2D eigenvalue weighted by Crippen LogP contribution is -2.05. The Bertz CT molecular complexity index is 332. The van der Waals surface area contributed by atoms with E-state index >= 15 is 0 Å². The zero-order chi connectivity index (χ0) is 10.4. The molecule has 1 amide bonds. The van der Waals surface area contributed by atoms with Gasteiger partial charge in [0.15, 0.2) is 0 Å². The summed E-state index contributed by atoms with van der Waals surface area (Å²) in [5.74, 6) is -0.501. The molecule has 1 rings (SSSR count). The zero-order valence-electron chi connectivity index (χ0n) is 7.80. The van der Waals surface area contributed by atoms with Gasteiger partial charge in [0, 0.05) is 24.0 Å². The number of amides is 1. The number of rotatable bonds is 4. The second kappa shape index (κ2) is 4.96. The maximum absolute atomic E-state index is 10.4. The van der Waals surface area contributed by atoms with Gasteiger partial charge in [-0.05, 0) is 13.0 Å². The summed E-state index contributed by atoms with van der Waals surface area (Å²) >= 11 is 0. The van der Waals surface area contributed by atoms with E-state index < -0.39 is 5.91 Å². The molecule has 0 saturated carbocycles. The normalized spacial score (nSPS) is 10.4.